The summed E-state index contributed by atoms with van der Waals surface area (Å²) in [5.41, 5.74) is -0.765. The lowest BCUT2D eigenvalue weighted by molar-refractivity contribution is -0.164. The average molecular weight is 283 g/mol. The topological polar surface area (TPSA) is 55.4 Å². The normalized spacial score (nSPS) is 14.2. The Bertz CT molecular complexity index is 332. The van der Waals surface area contributed by atoms with Crippen LogP contribution in [0.4, 0.5) is 13.2 Å². The van der Waals surface area contributed by atoms with Crippen LogP contribution in [-0.4, -0.2) is 29.7 Å². The SMILES string of the molecule is CC(C)[C@H](NC(=O)CC(F)(F)F)C(=O)OC(C)(C)C. The first-order valence-corrected chi connectivity index (χ1v) is 5.91. The highest BCUT2D eigenvalue weighted by Gasteiger charge is 2.35. The standard InChI is InChI=1S/C12H20F3NO3/c1-7(2)9(10(18)19-11(3,4)5)16-8(17)6-12(13,14)15/h7,9H,6H2,1-5H3,(H,16,17)/t9-/m0/s1. The van der Waals surface area contributed by atoms with Crippen molar-refractivity contribution in [1.82, 2.24) is 5.32 Å². The molecular formula is C12H20F3NO3. The Labute approximate surface area is 110 Å². The minimum Gasteiger partial charge on any atom is -0.458 e. The van der Waals surface area contributed by atoms with Crippen LogP contribution in [0.3, 0.4) is 0 Å². The summed E-state index contributed by atoms with van der Waals surface area (Å²) in [6, 6.07) is -1.09. The number of rotatable bonds is 4. The lowest BCUT2D eigenvalue weighted by Crippen LogP contribution is -2.48. The van der Waals surface area contributed by atoms with Gasteiger partial charge >= 0.3 is 12.1 Å². The Kier molecular flexibility index (Phi) is 5.83. The number of carbonyl (C=O) groups is 2. The minimum absolute atomic E-state index is 0.368. The highest BCUT2D eigenvalue weighted by molar-refractivity contribution is 5.85. The van der Waals surface area contributed by atoms with Gasteiger partial charge in [0.1, 0.15) is 18.1 Å². The number of ether oxygens (including phenoxy) is 1. The average Bonchev–Trinajstić information content (AvgIpc) is 2.07. The molecule has 0 aromatic heterocycles. The Morgan fingerprint density at radius 2 is 1.63 bits per heavy atom. The minimum atomic E-state index is -4.60. The molecule has 0 aliphatic heterocycles. The van der Waals surface area contributed by atoms with E-state index in [0.29, 0.717) is 0 Å². The number of carbonyl (C=O) groups excluding carboxylic acids is 2. The maximum absolute atomic E-state index is 12.1. The van der Waals surface area contributed by atoms with E-state index in [1.807, 2.05) is 0 Å². The van der Waals surface area contributed by atoms with E-state index in [1.165, 1.54) is 0 Å². The largest absolute Gasteiger partial charge is 0.458 e. The molecule has 0 heterocycles. The van der Waals surface area contributed by atoms with Crippen molar-refractivity contribution in [1.29, 1.82) is 0 Å². The highest BCUT2D eigenvalue weighted by Crippen LogP contribution is 2.20. The lowest BCUT2D eigenvalue weighted by atomic mass is 10.0. The highest BCUT2D eigenvalue weighted by atomic mass is 19.4. The monoisotopic (exact) mass is 283 g/mol. The molecule has 112 valence electrons. The van der Waals surface area contributed by atoms with Gasteiger partial charge in [0.25, 0.3) is 0 Å². The zero-order valence-corrected chi connectivity index (χ0v) is 11.7. The van der Waals surface area contributed by atoms with E-state index >= 15 is 0 Å². The molecule has 0 saturated carbocycles. The van der Waals surface area contributed by atoms with Gasteiger partial charge in [0.15, 0.2) is 0 Å². The number of alkyl halides is 3. The third-order valence-electron chi connectivity index (χ3n) is 2.00. The zero-order chi connectivity index (χ0) is 15.4. The van der Waals surface area contributed by atoms with Crippen molar-refractivity contribution in [3.8, 4) is 0 Å². The van der Waals surface area contributed by atoms with Crippen LogP contribution in [0, 0.1) is 5.92 Å². The molecular weight excluding hydrogens is 263 g/mol. The second-order valence-electron chi connectivity index (χ2n) is 5.61. The van der Waals surface area contributed by atoms with Crippen LogP contribution in [-0.2, 0) is 14.3 Å². The number of esters is 1. The third-order valence-corrected chi connectivity index (χ3v) is 2.00. The first-order valence-electron chi connectivity index (χ1n) is 5.91. The van der Waals surface area contributed by atoms with Crippen molar-refractivity contribution >= 4 is 11.9 Å². The zero-order valence-electron chi connectivity index (χ0n) is 11.7. The molecule has 0 radical (unpaired) electrons. The van der Waals surface area contributed by atoms with Crippen LogP contribution in [0.1, 0.15) is 41.0 Å². The van der Waals surface area contributed by atoms with Gasteiger partial charge in [0.2, 0.25) is 5.91 Å². The van der Waals surface area contributed by atoms with Gasteiger partial charge in [0.05, 0.1) is 0 Å². The maximum atomic E-state index is 12.1. The van der Waals surface area contributed by atoms with Gasteiger partial charge in [-0.15, -0.1) is 0 Å². The molecule has 4 nitrogen and oxygen atoms in total. The number of nitrogens with one attached hydrogen (secondary N) is 1. The van der Waals surface area contributed by atoms with Crippen molar-refractivity contribution in [2.24, 2.45) is 5.92 Å². The third kappa shape index (κ3) is 8.45. The van der Waals surface area contributed by atoms with Gasteiger partial charge in [0, 0.05) is 0 Å². The number of halogens is 3. The summed E-state index contributed by atoms with van der Waals surface area (Å²) in [6.45, 7) is 8.14. The fraction of sp³-hybridized carbons (Fsp3) is 0.833. The van der Waals surface area contributed by atoms with E-state index in [-0.39, 0.29) is 5.92 Å². The van der Waals surface area contributed by atoms with Gasteiger partial charge in [-0.25, -0.2) is 4.79 Å². The molecule has 0 spiro atoms. The van der Waals surface area contributed by atoms with Crippen molar-refractivity contribution in [2.45, 2.75) is 58.9 Å². The Balaban J connectivity index is 4.67. The number of hydrogen-bond acceptors (Lipinski definition) is 3. The smallest absolute Gasteiger partial charge is 0.397 e. The fourth-order valence-corrected chi connectivity index (χ4v) is 1.27. The van der Waals surface area contributed by atoms with E-state index in [4.69, 9.17) is 4.74 Å². The van der Waals surface area contributed by atoms with Crippen molar-refractivity contribution < 1.29 is 27.5 Å². The molecule has 0 unspecified atom stereocenters. The Morgan fingerprint density at radius 1 is 1.16 bits per heavy atom. The molecule has 0 saturated heterocycles. The first-order chi connectivity index (χ1) is 8.32. The number of hydrogen-bond donors (Lipinski definition) is 1. The summed E-state index contributed by atoms with van der Waals surface area (Å²) < 4.78 is 41.2. The molecule has 19 heavy (non-hydrogen) atoms. The summed E-state index contributed by atoms with van der Waals surface area (Å²) in [5, 5.41) is 2.06. The van der Waals surface area contributed by atoms with Crippen LogP contribution >= 0.6 is 0 Å². The van der Waals surface area contributed by atoms with E-state index in [0.717, 1.165) is 0 Å². The molecule has 0 rings (SSSR count). The molecule has 0 bridgehead atoms. The lowest BCUT2D eigenvalue weighted by Gasteiger charge is -2.26. The van der Waals surface area contributed by atoms with Gasteiger partial charge < -0.3 is 10.1 Å². The molecule has 0 aliphatic rings. The van der Waals surface area contributed by atoms with Crippen molar-refractivity contribution in [3.63, 3.8) is 0 Å². The summed E-state index contributed by atoms with van der Waals surface area (Å²) in [4.78, 5) is 23.0. The first kappa shape index (κ1) is 17.7. The van der Waals surface area contributed by atoms with Crippen molar-refractivity contribution in [3.05, 3.63) is 0 Å². The van der Waals surface area contributed by atoms with Crippen LogP contribution in [0.25, 0.3) is 0 Å². The van der Waals surface area contributed by atoms with Crippen LogP contribution in [0.5, 0.6) is 0 Å². The van der Waals surface area contributed by atoms with Gasteiger partial charge in [-0.1, -0.05) is 13.8 Å². The second-order valence-corrected chi connectivity index (χ2v) is 5.61. The Morgan fingerprint density at radius 3 is 1.95 bits per heavy atom. The summed E-state index contributed by atoms with van der Waals surface area (Å²) in [6.07, 6.45) is -6.21. The number of amides is 1. The van der Waals surface area contributed by atoms with E-state index < -0.39 is 36.1 Å². The molecule has 0 aromatic carbocycles. The van der Waals surface area contributed by atoms with Gasteiger partial charge in [-0.2, -0.15) is 13.2 Å². The van der Waals surface area contributed by atoms with E-state index in [1.54, 1.807) is 34.6 Å². The summed E-state index contributed by atoms with van der Waals surface area (Å²) in [5.74, 6) is -2.35. The van der Waals surface area contributed by atoms with Gasteiger partial charge in [-0.05, 0) is 26.7 Å². The predicted molar refractivity (Wildman–Crippen MR) is 63.3 cm³/mol. The molecule has 0 aliphatic carbocycles. The summed E-state index contributed by atoms with van der Waals surface area (Å²) in [7, 11) is 0. The Hall–Kier alpha value is -1.27. The molecule has 0 fully saturated rings. The van der Waals surface area contributed by atoms with Gasteiger partial charge in [-0.3, -0.25) is 4.79 Å². The molecule has 1 atom stereocenters. The van der Waals surface area contributed by atoms with E-state index in [2.05, 4.69) is 5.32 Å². The van der Waals surface area contributed by atoms with Crippen molar-refractivity contribution in [2.75, 3.05) is 0 Å². The quantitative estimate of drug-likeness (QED) is 0.806. The predicted octanol–water partition coefficient (Wildman–Crippen LogP) is 2.42. The second kappa shape index (κ2) is 6.25. The van der Waals surface area contributed by atoms with Crippen LogP contribution in [0.15, 0.2) is 0 Å². The van der Waals surface area contributed by atoms with E-state index in [9.17, 15) is 22.8 Å². The molecule has 0 aromatic rings. The van der Waals surface area contributed by atoms with Crippen LogP contribution in [0.2, 0.25) is 0 Å². The van der Waals surface area contributed by atoms with Crippen LogP contribution < -0.4 is 5.32 Å². The maximum Gasteiger partial charge on any atom is 0.397 e. The molecule has 7 heteroatoms. The molecule has 1 amide bonds. The fourth-order valence-electron chi connectivity index (χ4n) is 1.27. The molecule has 1 N–H and O–H groups in total. The summed E-state index contributed by atoms with van der Waals surface area (Å²) >= 11 is 0.